The molecular formula is C19H21N5O2S. The number of rotatable bonds is 3. The second-order valence-electron chi connectivity index (χ2n) is 6.97. The van der Waals surface area contributed by atoms with E-state index in [4.69, 9.17) is 0 Å². The van der Waals surface area contributed by atoms with E-state index in [1.165, 1.54) is 21.9 Å². The number of benzene rings is 1. The number of anilines is 2. The minimum Gasteiger partial charge on any atom is -0.335 e. The van der Waals surface area contributed by atoms with Crippen LogP contribution in [0.1, 0.15) is 29.7 Å². The molecule has 1 atom stereocenters. The van der Waals surface area contributed by atoms with Crippen molar-refractivity contribution < 1.29 is 4.79 Å². The molecule has 2 aromatic heterocycles. The lowest BCUT2D eigenvalue weighted by atomic mass is 10.1. The summed E-state index contributed by atoms with van der Waals surface area (Å²) in [7, 11) is 0. The smallest absolute Gasteiger partial charge is 0.275 e. The number of hydrogen-bond donors (Lipinski definition) is 1. The molecule has 1 fully saturated rings. The zero-order valence-electron chi connectivity index (χ0n) is 15.5. The summed E-state index contributed by atoms with van der Waals surface area (Å²) in [4.78, 5) is 32.0. The lowest BCUT2D eigenvalue weighted by Crippen LogP contribution is -2.40. The van der Waals surface area contributed by atoms with E-state index in [2.05, 4.69) is 15.4 Å². The minimum atomic E-state index is -0.303. The molecule has 0 radical (unpaired) electrons. The molecule has 1 aliphatic rings. The van der Waals surface area contributed by atoms with Gasteiger partial charge in [-0.15, -0.1) is 5.10 Å². The van der Waals surface area contributed by atoms with E-state index in [-0.39, 0.29) is 17.5 Å². The maximum atomic E-state index is 12.9. The summed E-state index contributed by atoms with van der Waals surface area (Å²) < 4.78 is 1.31. The number of carbonyl (C=O) groups is 1. The van der Waals surface area contributed by atoms with E-state index in [0.717, 1.165) is 36.2 Å². The molecule has 3 heterocycles. The highest BCUT2D eigenvalue weighted by molar-refractivity contribution is 7.20. The van der Waals surface area contributed by atoms with Gasteiger partial charge in [0.25, 0.3) is 5.56 Å². The van der Waals surface area contributed by atoms with Crippen molar-refractivity contribution in [3.8, 4) is 0 Å². The standard InChI is InChI=1S/C19H21N5O2S/c1-11-6-7-12(2)14(9-11)21-17(26)15-5-4-8-23(15)19-22-24-16(25)10-13(3)20-18(24)27-19/h6-7,9-10,15H,4-5,8H2,1-3H3,(H,21,26). The van der Waals surface area contributed by atoms with E-state index >= 15 is 0 Å². The third kappa shape index (κ3) is 3.32. The summed E-state index contributed by atoms with van der Waals surface area (Å²) in [5.41, 5.74) is 3.44. The number of nitrogens with zero attached hydrogens (tertiary/aromatic N) is 4. The summed E-state index contributed by atoms with van der Waals surface area (Å²) in [6.07, 6.45) is 1.66. The van der Waals surface area contributed by atoms with Gasteiger partial charge in [-0.05, 0) is 50.8 Å². The van der Waals surface area contributed by atoms with E-state index in [1.54, 1.807) is 6.92 Å². The Morgan fingerprint density at radius 2 is 2.07 bits per heavy atom. The average molecular weight is 383 g/mol. The maximum Gasteiger partial charge on any atom is 0.275 e. The Bertz CT molecular complexity index is 1090. The lowest BCUT2D eigenvalue weighted by Gasteiger charge is -2.23. The van der Waals surface area contributed by atoms with Gasteiger partial charge in [-0.3, -0.25) is 9.59 Å². The number of hydrogen-bond acceptors (Lipinski definition) is 6. The largest absolute Gasteiger partial charge is 0.335 e. The summed E-state index contributed by atoms with van der Waals surface area (Å²) in [6.45, 7) is 6.51. The van der Waals surface area contributed by atoms with E-state index < -0.39 is 0 Å². The lowest BCUT2D eigenvalue weighted by molar-refractivity contribution is -0.117. The summed E-state index contributed by atoms with van der Waals surface area (Å²) in [6, 6.07) is 7.18. The van der Waals surface area contributed by atoms with Crippen molar-refractivity contribution in [3.63, 3.8) is 0 Å². The molecule has 0 saturated carbocycles. The molecule has 0 spiro atoms. The van der Waals surface area contributed by atoms with Gasteiger partial charge in [-0.1, -0.05) is 23.5 Å². The third-order valence-electron chi connectivity index (χ3n) is 4.81. The molecule has 7 nitrogen and oxygen atoms in total. The first-order chi connectivity index (χ1) is 12.9. The van der Waals surface area contributed by atoms with Gasteiger partial charge in [0.1, 0.15) is 6.04 Å². The topological polar surface area (TPSA) is 79.6 Å². The normalized spacial score (nSPS) is 16.9. The number of aromatic nitrogens is 3. The second kappa shape index (κ2) is 6.77. The van der Waals surface area contributed by atoms with Crippen LogP contribution in [0.2, 0.25) is 0 Å². The highest BCUT2D eigenvalue weighted by Crippen LogP contribution is 2.30. The van der Waals surface area contributed by atoms with Crippen molar-refractivity contribution in [1.82, 2.24) is 14.6 Å². The van der Waals surface area contributed by atoms with Gasteiger partial charge >= 0.3 is 0 Å². The van der Waals surface area contributed by atoms with Gasteiger partial charge in [0.05, 0.1) is 0 Å². The number of nitrogens with one attached hydrogen (secondary N) is 1. The molecule has 4 rings (SSSR count). The molecular weight excluding hydrogens is 362 g/mol. The molecule has 3 aromatic rings. The fourth-order valence-corrected chi connectivity index (χ4v) is 4.41. The number of carbonyl (C=O) groups excluding carboxylic acids is 1. The van der Waals surface area contributed by atoms with Crippen LogP contribution in [0.4, 0.5) is 10.8 Å². The van der Waals surface area contributed by atoms with Crippen LogP contribution in [0.5, 0.6) is 0 Å². The first kappa shape index (κ1) is 17.7. The van der Waals surface area contributed by atoms with Crippen molar-refractivity contribution in [1.29, 1.82) is 0 Å². The van der Waals surface area contributed by atoms with Crippen LogP contribution in [0.3, 0.4) is 0 Å². The monoisotopic (exact) mass is 383 g/mol. The maximum absolute atomic E-state index is 12.9. The number of amides is 1. The van der Waals surface area contributed by atoms with E-state index in [0.29, 0.717) is 15.8 Å². The second-order valence-corrected chi connectivity index (χ2v) is 7.91. The van der Waals surface area contributed by atoms with Crippen LogP contribution in [-0.2, 0) is 4.79 Å². The van der Waals surface area contributed by atoms with Crippen LogP contribution in [0.25, 0.3) is 4.96 Å². The fraction of sp³-hybridized carbons (Fsp3) is 0.368. The van der Waals surface area contributed by atoms with Crippen molar-refractivity contribution in [2.45, 2.75) is 39.7 Å². The van der Waals surface area contributed by atoms with Crippen molar-refractivity contribution in [2.24, 2.45) is 0 Å². The first-order valence-corrected chi connectivity index (χ1v) is 9.76. The van der Waals surface area contributed by atoms with Crippen molar-refractivity contribution >= 4 is 33.0 Å². The summed E-state index contributed by atoms with van der Waals surface area (Å²) in [5.74, 6) is -0.0445. The van der Waals surface area contributed by atoms with Crippen LogP contribution < -0.4 is 15.8 Å². The van der Waals surface area contributed by atoms with Crippen LogP contribution in [0.15, 0.2) is 29.1 Å². The molecule has 0 aliphatic carbocycles. The molecule has 1 N–H and O–H groups in total. The molecule has 1 aromatic carbocycles. The van der Waals surface area contributed by atoms with Gasteiger partial charge in [0.2, 0.25) is 16.0 Å². The molecule has 0 bridgehead atoms. The SMILES string of the molecule is Cc1ccc(C)c(NC(=O)C2CCCN2c2nn3c(=O)cc(C)nc3s2)c1. The van der Waals surface area contributed by atoms with E-state index in [1.807, 2.05) is 36.9 Å². The Morgan fingerprint density at radius 1 is 1.26 bits per heavy atom. The minimum absolute atomic E-state index is 0.0445. The van der Waals surface area contributed by atoms with Gasteiger partial charge in [0.15, 0.2) is 0 Å². The molecule has 1 amide bonds. The number of fused-ring (bicyclic) bond motifs is 1. The molecule has 8 heteroatoms. The summed E-state index contributed by atoms with van der Waals surface area (Å²) in [5, 5.41) is 8.13. The molecule has 1 saturated heterocycles. The average Bonchev–Trinajstić information content (AvgIpc) is 3.24. The fourth-order valence-electron chi connectivity index (χ4n) is 3.38. The quantitative estimate of drug-likeness (QED) is 0.752. The molecule has 27 heavy (non-hydrogen) atoms. The number of aryl methyl sites for hydroxylation is 3. The van der Waals surface area contributed by atoms with Crippen molar-refractivity contribution in [3.05, 3.63) is 51.4 Å². The Hall–Kier alpha value is -2.74. The predicted octanol–water partition coefficient (Wildman–Crippen LogP) is 2.68. The Labute approximate surface area is 160 Å². The zero-order chi connectivity index (χ0) is 19.1. The molecule has 140 valence electrons. The highest BCUT2D eigenvalue weighted by atomic mass is 32.1. The Balaban J connectivity index is 1.62. The van der Waals surface area contributed by atoms with Gasteiger partial charge in [-0.25, -0.2) is 4.98 Å². The van der Waals surface area contributed by atoms with Crippen LogP contribution >= 0.6 is 11.3 Å². The first-order valence-electron chi connectivity index (χ1n) is 8.94. The molecule has 1 aliphatic heterocycles. The van der Waals surface area contributed by atoms with Gasteiger partial charge in [0, 0.05) is 24.0 Å². The Kier molecular flexibility index (Phi) is 4.43. The molecule has 1 unspecified atom stereocenters. The highest BCUT2D eigenvalue weighted by Gasteiger charge is 2.33. The van der Waals surface area contributed by atoms with E-state index in [9.17, 15) is 9.59 Å². The predicted molar refractivity (Wildman–Crippen MR) is 107 cm³/mol. The van der Waals surface area contributed by atoms with Gasteiger partial charge < -0.3 is 10.2 Å². The van der Waals surface area contributed by atoms with Crippen LogP contribution in [-0.4, -0.2) is 33.1 Å². The third-order valence-corrected chi connectivity index (χ3v) is 5.76. The van der Waals surface area contributed by atoms with Crippen LogP contribution in [0, 0.1) is 20.8 Å². The zero-order valence-corrected chi connectivity index (χ0v) is 16.3. The summed E-state index contributed by atoms with van der Waals surface area (Å²) >= 11 is 1.34. The van der Waals surface area contributed by atoms with Gasteiger partial charge in [-0.2, -0.15) is 4.52 Å². The Morgan fingerprint density at radius 3 is 2.89 bits per heavy atom. The van der Waals surface area contributed by atoms with Crippen molar-refractivity contribution in [2.75, 3.05) is 16.8 Å².